The second-order valence-corrected chi connectivity index (χ2v) is 18.0. The minimum atomic E-state index is -0.988. The number of halogens is 1. The van der Waals surface area contributed by atoms with Crippen molar-refractivity contribution in [2.75, 3.05) is 55.0 Å². The Labute approximate surface area is 368 Å². The summed E-state index contributed by atoms with van der Waals surface area (Å²) in [6.45, 7) is 6.77. The Balaban J connectivity index is 0.766. The van der Waals surface area contributed by atoms with Gasteiger partial charge in [0.05, 0.1) is 35.0 Å². The fourth-order valence-electron chi connectivity index (χ4n) is 9.70. The van der Waals surface area contributed by atoms with Crippen LogP contribution in [0.4, 0.5) is 23.1 Å². The first-order valence-corrected chi connectivity index (χ1v) is 22.0. The molecule has 4 fully saturated rings. The molecule has 1 atom stereocenters. The van der Waals surface area contributed by atoms with E-state index in [1.807, 2.05) is 38.1 Å². The third-order valence-electron chi connectivity index (χ3n) is 13.1. The summed E-state index contributed by atoms with van der Waals surface area (Å²) in [4.78, 5) is 90.5. The second kappa shape index (κ2) is 16.9. The molecule has 3 saturated heterocycles. The van der Waals surface area contributed by atoms with Crippen molar-refractivity contribution < 1.29 is 33.4 Å². The summed E-state index contributed by atoms with van der Waals surface area (Å²) >= 11 is 6.60. The van der Waals surface area contributed by atoms with Crippen molar-refractivity contribution in [1.82, 2.24) is 30.1 Å². The molecule has 0 bridgehead atoms. The number of benzene rings is 2. The highest BCUT2D eigenvalue weighted by Crippen LogP contribution is 2.46. The number of pyridine rings is 1. The fourth-order valence-corrected chi connectivity index (χ4v) is 9.84. The van der Waals surface area contributed by atoms with Gasteiger partial charge in [-0.15, -0.1) is 0 Å². The van der Waals surface area contributed by atoms with E-state index < -0.39 is 29.7 Å². The second-order valence-electron chi connectivity index (χ2n) is 17.6. The summed E-state index contributed by atoms with van der Waals surface area (Å²) in [6.07, 6.45) is 7.91. The van der Waals surface area contributed by atoms with Crippen LogP contribution >= 0.6 is 11.6 Å². The number of amides is 5. The lowest BCUT2D eigenvalue weighted by Crippen LogP contribution is -2.58. The average Bonchev–Trinajstić information content (AvgIpc) is 3.51. The van der Waals surface area contributed by atoms with E-state index in [-0.39, 0.29) is 71.5 Å². The van der Waals surface area contributed by atoms with Gasteiger partial charge in [-0.3, -0.25) is 39.0 Å². The largest absolute Gasteiger partial charge is 0.478 e. The van der Waals surface area contributed by atoms with Crippen LogP contribution in [0.5, 0.6) is 5.75 Å². The lowest BCUT2D eigenvalue weighted by molar-refractivity contribution is -0.136. The topological polar surface area (TPSA) is 197 Å². The van der Waals surface area contributed by atoms with Crippen molar-refractivity contribution in [2.24, 2.45) is 5.41 Å². The number of carbonyl (C=O) groups excluding carboxylic acids is 5. The van der Waals surface area contributed by atoms with Gasteiger partial charge in [-0.25, -0.2) is 4.98 Å². The number of hydrogen-bond donors (Lipinski definition) is 3. The quantitative estimate of drug-likeness (QED) is 0.175. The Morgan fingerprint density at radius 1 is 0.921 bits per heavy atom. The first-order chi connectivity index (χ1) is 30.3. The highest BCUT2D eigenvalue weighted by molar-refractivity contribution is 6.33. The number of likely N-dealkylation sites (N-methyl/N-ethyl adjacent to an activating group) is 1. The summed E-state index contributed by atoms with van der Waals surface area (Å²) in [5.74, 6) is -1.20. The van der Waals surface area contributed by atoms with Gasteiger partial charge >= 0.3 is 0 Å². The first-order valence-electron chi connectivity index (χ1n) is 21.6. The van der Waals surface area contributed by atoms with Crippen LogP contribution in [-0.2, 0) is 19.1 Å². The molecular formula is C45H50ClN9O8. The lowest BCUT2D eigenvalue weighted by atomic mass is 9.68. The monoisotopic (exact) mass is 879 g/mol. The number of anilines is 4. The van der Waals surface area contributed by atoms with Crippen LogP contribution in [-0.4, -0.2) is 107 Å². The van der Waals surface area contributed by atoms with E-state index in [9.17, 15) is 28.8 Å². The SMILES string of the molecule is CNC(=O)COc1cc2cc(Nc3nc(N4CC5(CCC(OC6CCN(c7ccc8c(c7)C(=O)N(C7CCC(=O)NC7=O)C8=O)CC6)CC5)C4)ncc3Cl)ccc2n(C(C)C)c1=O. The Bertz CT molecular complexity index is 2580. The van der Waals surface area contributed by atoms with Gasteiger partial charge in [0.15, 0.2) is 18.2 Å². The van der Waals surface area contributed by atoms with E-state index in [0.29, 0.717) is 22.5 Å². The van der Waals surface area contributed by atoms with Crippen molar-refractivity contribution in [3.8, 4) is 5.75 Å². The van der Waals surface area contributed by atoms with E-state index in [4.69, 9.17) is 26.1 Å². The maximum absolute atomic E-state index is 13.4. The third-order valence-corrected chi connectivity index (χ3v) is 13.4. The zero-order chi connectivity index (χ0) is 44.2. The Morgan fingerprint density at radius 2 is 1.65 bits per heavy atom. The zero-order valence-corrected chi connectivity index (χ0v) is 36.2. The maximum atomic E-state index is 13.4. The highest BCUT2D eigenvalue weighted by Gasteiger charge is 2.47. The molecule has 17 nitrogen and oxygen atoms in total. The fraction of sp³-hybridized carbons (Fsp3) is 0.467. The summed E-state index contributed by atoms with van der Waals surface area (Å²) in [5.41, 5.74) is 2.73. The number of aromatic nitrogens is 3. The molecule has 1 spiro atoms. The average molecular weight is 880 g/mol. The Kier molecular flexibility index (Phi) is 11.3. The van der Waals surface area contributed by atoms with Gasteiger partial charge in [-0.05, 0) is 101 Å². The number of nitrogens with zero attached hydrogens (tertiary/aromatic N) is 6. The summed E-state index contributed by atoms with van der Waals surface area (Å²) < 4.78 is 13.9. The summed E-state index contributed by atoms with van der Waals surface area (Å²) in [7, 11) is 1.51. The third kappa shape index (κ3) is 8.19. The molecular weight excluding hydrogens is 830 g/mol. The van der Waals surface area contributed by atoms with Gasteiger partial charge < -0.3 is 34.5 Å². The molecule has 3 N–H and O–H groups in total. The molecule has 1 saturated carbocycles. The normalized spacial score (nSPS) is 20.3. The number of nitrogens with one attached hydrogen (secondary N) is 3. The van der Waals surface area contributed by atoms with Crippen LogP contribution < -0.4 is 36.0 Å². The van der Waals surface area contributed by atoms with Crippen LogP contribution in [0.15, 0.2) is 53.5 Å². The van der Waals surface area contributed by atoms with E-state index >= 15 is 0 Å². The molecule has 2 aromatic heterocycles. The Morgan fingerprint density at radius 3 is 2.37 bits per heavy atom. The summed E-state index contributed by atoms with van der Waals surface area (Å²) in [6, 6.07) is 11.4. The van der Waals surface area contributed by atoms with Crippen molar-refractivity contribution in [3.05, 3.63) is 75.2 Å². The lowest BCUT2D eigenvalue weighted by Gasteiger charge is -2.53. The smallest absolute Gasteiger partial charge is 0.293 e. The first kappa shape index (κ1) is 42.2. The Hall–Kier alpha value is -6.07. The number of rotatable bonds is 11. The molecule has 0 radical (unpaired) electrons. The van der Waals surface area contributed by atoms with E-state index in [2.05, 4.69) is 30.7 Å². The molecule has 1 unspecified atom stereocenters. The number of imide groups is 2. The molecule has 2 aromatic carbocycles. The maximum Gasteiger partial charge on any atom is 0.293 e. The van der Waals surface area contributed by atoms with Crippen molar-refractivity contribution >= 4 is 75.2 Å². The van der Waals surface area contributed by atoms with Crippen LogP contribution in [0.2, 0.25) is 5.02 Å². The molecule has 6 heterocycles. The van der Waals surface area contributed by atoms with E-state index in [1.165, 1.54) is 7.05 Å². The van der Waals surface area contributed by atoms with Crippen molar-refractivity contribution in [2.45, 2.75) is 89.5 Å². The van der Waals surface area contributed by atoms with Gasteiger partial charge in [0.25, 0.3) is 23.3 Å². The van der Waals surface area contributed by atoms with Gasteiger partial charge in [0.2, 0.25) is 17.8 Å². The van der Waals surface area contributed by atoms with Gasteiger partial charge in [0, 0.05) is 67.9 Å². The molecule has 5 amide bonds. The number of hydrogen-bond acceptors (Lipinski definition) is 13. The minimum absolute atomic E-state index is 0.0809. The predicted octanol–water partition coefficient (Wildman–Crippen LogP) is 4.73. The molecule has 9 rings (SSSR count). The molecule has 63 heavy (non-hydrogen) atoms. The van der Waals surface area contributed by atoms with Crippen LogP contribution in [0, 0.1) is 5.41 Å². The molecule has 1 aliphatic carbocycles. The number of fused-ring (bicyclic) bond motifs is 2. The van der Waals surface area contributed by atoms with Gasteiger partial charge in [-0.2, -0.15) is 4.98 Å². The van der Waals surface area contributed by atoms with Crippen molar-refractivity contribution in [3.63, 3.8) is 0 Å². The van der Waals surface area contributed by atoms with Crippen molar-refractivity contribution in [1.29, 1.82) is 0 Å². The molecule has 330 valence electrons. The van der Waals surface area contributed by atoms with E-state index in [0.717, 1.165) is 86.2 Å². The van der Waals surface area contributed by atoms with Crippen LogP contribution in [0.25, 0.3) is 10.9 Å². The minimum Gasteiger partial charge on any atom is -0.478 e. The molecule has 18 heteroatoms. The number of carbonyl (C=O) groups is 5. The van der Waals surface area contributed by atoms with Gasteiger partial charge in [0.1, 0.15) is 11.1 Å². The number of ether oxygens (including phenoxy) is 2. The highest BCUT2D eigenvalue weighted by atomic mass is 35.5. The number of piperidine rings is 2. The molecule has 4 aliphatic heterocycles. The standard InChI is InChI=1S/C45H50ClN9O8/c1-25(2)54-34-7-4-27(18-26(34)19-36(43(54)61)62-22-38(57)47-3)49-39-33(46)21-48-44(51-39)53-23-45(24-53)14-10-29(11-15-45)63-30-12-16-52(17-13-30)28-5-6-31-32(20-28)42(60)55(41(31)59)35-8-9-37(56)50-40(35)58/h4-7,18-21,25,29-30,35H,8-17,22-24H2,1-3H3,(H,47,57)(H,48,49,51)(H,50,56,58). The predicted molar refractivity (Wildman–Crippen MR) is 235 cm³/mol. The molecule has 4 aromatic rings. The zero-order valence-electron chi connectivity index (χ0n) is 35.4. The molecule has 5 aliphatic rings. The van der Waals surface area contributed by atoms with Crippen LogP contribution in [0.1, 0.15) is 92.0 Å². The van der Waals surface area contributed by atoms with Crippen LogP contribution in [0.3, 0.4) is 0 Å². The summed E-state index contributed by atoms with van der Waals surface area (Å²) in [5, 5.41) is 9.20. The van der Waals surface area contributed by atoms with E-state index in [1.54, 1.807) is 29.0 Å². The van der Waals surface area contributed by atoms with Gasteiger partial charge in [-0.1, -0.05) is 11.6 Å².